The number of rotatable bonds is 5. The largest absolute Gasteiger partial charge is 0.497 e. The molecule has 132 valence electrons. The lowest BCUT2D eigenvalue weighted by atomic mass is 10.1. The average Bonchev–Trinajstić information content (AvgIpc) is 2.66. The number of ether oxygens (including phenoxy) is 2. The Bertz CT molecular complexity index is 904. The average molecular weight is 348 g/mol. The standard InChI is InChI=1S/C21H20N2O3/c1-14-4-5-15(2)19(12-14)26-20-11-8-17(13-22-20)23-21(24)16-6-9-18(25-3)10-7-16/h4-13H,1-3H3,(H,23,24). The molecular formula is C21H20N2O3. The van der Waals surface area contributed by atoms with Gasteiger partial charge >= 0.3 is 0 Å². The van der Waals surface area contributed by atoms with Crippen LogP contribution in [0.25, 0.3) is 0 Å². The highest BCUT2D eigenvalue weighted by Crippen LogP contribution is 2.25. The lowest BCUT2D eigenvalue weighted by molar-refractivity contribution is 0.102. The summed E-state index contributed by atoms with van der Waals surface area (Å²) in [5.74, 6) is 1.74. The second kappa shape index (κ2) is 7.70. The Morgan fingerprint density at radius 3 is 2.42 bits per heavy atom. The third-order valence-corrected chi connectivity index (χ3v) is 3.90. The van der Waals surface area contributed by atoms with Crippen molar-refractivity contribution in [1.29, 1.82) is 0 Å². The predicted octanol–water partition coefficient (Wildman–Crippen LogP) is 4.75. The number of hydrogen-bond donors (Lipinski definition) is 1. The minimum atomic E-state index is -0.211. The lowest BCUT2D eigenvalue weighted by Gasteiger charge is -2.10. The number of carbonyl (C=O) groups excluding carboxylic acids is 1. The summed E-state index contributed by atoms with van der Waals surface area (Å²) in [7, 11) is 1.59. The van der Waals surface area contributed by atoms with Gasteiger partial charge in [0.25, 0.3) is 5.91 Å². The van der Waals surface area contributed by atoms with E-state index in [4.69, 9.17) is 9.47 Å². The highest BCUT2D eigenvalue weighted by Gasteiger charge is 2.08. The van der Waals surface area contributed by atoms with E-state index in [1.54, 1.807) is 49.7 Å². The quantitative estimate of drug-likeness (QED) is 0.723. The first kappa shape index (κ1) is 17.5. The number of anilines is 1. The fourth-order valence-electron chi connectivity index (χ4n) is 2.39. The fourth-order valence-corrected chi connectivity index (χ4v) is 2.39. The first-order valence-electron chi connectivity index (χ1n) is 8.22. The van der Waals surface area contributed by atoms with Crippen molar-refractivity contribution in [2.75, 3.05) is 12.4 Å². The van der Waals surface area contributed by atoms with E-state index in [0.29, 0.717) is 22.9 Å². The topological polar surface area (TPSA) is 60.5 Å². The van der Waals surface area contributed by atoms with Crippen molar-refractivity contribution in [3.8, 4) is 17.4 Å². The van der Waals surface area contributed by atoms with Crippen LogP contribution in [0.4, 0.5) is 5.69 Å². The summed E-state index contributed by atoms with van der Waals surface area (Å²) in [5, 5.41) is 2.81. The van der Waals surface area contributed by atoms with Gasteiger partial charge in [0.05, 0.1) is 19.0 Å². The van der Waals surface area contributed by atoms with Gasteiger partial charge in [-0.3, -0.25) is 4.79 Å². The van der Waals surface area contributed by atoms with Gasteiger partial charge in [-0.2, -0.15) is 0 Å². The van der Waals surface area contributed by atoms with Gasteiger partial charge in [0.1, 0.15) is 11.5 Å². The number of pyridine rings is 1. The summed E-state index contributed by atoms with van der Waals surface area (Å²) in [6, 6.07) is 16.4. The number of methoxy groups -OCH3 is 1. The molecule has 26 heavy (non-hydrogen) atoms. The molecule has 0 radical (unpaired) electrons. The van der Waals surface area contributed by atoms with Gasteiger partial charge in [0.2, 0.25) is 5.88 Å². The third-order valence-electron chi connectivity index (χ3n) is 3.90. The lowest BCUT2D eigenvalue weighted by Crippen LogP contribution is -2.11. The van der Waals surface area contributed by atoms with Gasteiger partial charge in [-0.1, -0.05) is 12.1 Å². The summed E-state index contributed by atoms with van der Waals surface area (Å²) in [5.41, 5.74) is 3.30. The summed E-state index contributed by atoms with van der Waals surface area (Å²) in [4.78, 5) is 16.5. The number of carbonyl (C=O) groups is 1. The van der Waals surface area contributed by atoms with Crippen LogP contribution < -0.4 is 14.8 Å². The molecule has 0 saturated heterocycles. The Morgan fingerprint density at radius 2 is 1.77 bits per heavy atom. The van der Waals surface area contributed by atoms with Gasteiger partial charge in [-0.15, -0.1) is 0 Å². The molecule has 2 aromatic carbocycles. The Labute approximate surface area is 152 Å². The zero-order valence-electron chi connectivity index (χ0n) is 14.9. The van der Waals surface area contributed by atoms with Crippen LogP contribution in [0.3, 0.4) is 0 Å². The highest BCUT2D eigenvalue weighted by molar-refractivity contribution is 6.04. The molecule has 1 amide bonds. The number of hydrogen-bond acceptors (Lipinski definition) is 4. The maximum absolute atomic E-state index is 12.3. The van der Waals surface area contributed by atoms with Crippen molar-refractivity contribution < 1.29 is 14.3 Å². The summed E-state index contributed by atoms with van der Waals surface area (Å²) < 4.78 is 10.9. The number of amides is 1. The smallest absolute Gasteiger partial charge is 0.255 e. The van der Waals surface area contributed by atoms with Crippen molar-refractivity contribution >= 4 is 11.6 Å². The Kier molecular flexibility index (Phi) is 5.17. The van der Waals surface area contributed by atoms with E-state index in [9.17, 15) is 4.79 Å². The minimum absolute atomic E-state index is 0.211. The van der Waals surface area contributed by atoms with Gasteiger partial charge in [-0.05, 0) is 61.4 Å². The molecule has 1 heterocycles. The zero-order valence-corrected chi connectivity index (χ0v) is 14.9. The molecule has 0 aliphatic rings. The second-order valence-electron chi connectivity index (χ2n) is 5.94. The van der Waals surface area contributed by atoms with Crippen LogP contribution in [0.1, 0.15) is 21.5 Å². The van der Waals surface area contributed by atoms with Gasteiger partial charge < -0.3 is 14.8 Å². The van der Waals surface area contributed by atoms with E-state index in [-0.39, 0.29) is 5.91 Å². The van der Waals surface area contributed by atoms with E-state index in [2.05, 4.69) is 10.3 Å². The van der Waals surface area contributed by atoms with Crippen molar-refractivity contribution in [2.45, 2.75) is 13.8 Å². The summed E-state index contributed by atoms with van der Waals surface area (Å²) in [6.45, 7) is 4.00. The summed E-state index contributed by atoms with van der Waals surface area (Å²) in [6.07, 6.45) is 1.57. The summed E-state index contributed by atoms with van der Waals surface area (Å²) >= 11 is 0. The predicted molar refractivity (Wildman–Crippen MR) is 101 cm³/mol. The zero-order chi connectivity index (χ0) is 18.5. The molecule has 0 aliphatic heterocycles. The van der Waals surface area contributed by atoms with Crippen LogP contribution >= 0.6 is 0 Å². The third kappa shape index (κ3) is 4.19. The molecule has 0 atom stereocenters. The van der Waals surface area contributed by atoms with Crippen LogP contribution in [-0.4, -0.2) is 18.0 Å². The van der Waals surface area contributed by atoms with E-state index in [1.165, 1.54) is 0 Å². The van der Waals surface area contributed by atoms with Crippen LogP contribution in [0.2, 0.25) is 0 Å². The molecule has 5 nitrogen and oxygen atoms in total. The maximum atomic E-state index is 12.3. The molecule has 5 heteroatoms. The molecule has 0 spiro atoms. The van der Waals surface area contributed by atoms with Crippen molar-refractivity contribution in [2.24, 2.45) is 0 Å². The Morgan fingerprint density at radius 1 is 1.00 bits per heavy atom. The second-order valence-corrected chi connectivity index (χ2v) is 5.94. The van der Waals surface area contributed by atoms with Gasteiger partial charge in [0, 0.05) is 11.6 Å². The first-order valence-corrected chi connectivity index (χ1v) is 8.22. The Hall–Kier alpha value is -3.34. The van der Waals surface area contributed by atoms with Crippen LogP contribution in [0.15, 0.2) is 60.8 Å². The molecule has 0 fully saturated rings. The molecular weight excluding hydrogens is 328 g/mol. The van der Waals surface area contributed by atoms with Gasteiger partial charge in [-0.25, -0.2) is 4.98 Å². The molecule has 1 aromatic heterocycles. The number of nitrogens with zero attached hydrogens (tertiary/aromatic N) is 1. The van der Waals surface area contributed by atoms with Crippen molar-refractivity contribution in [3.05, 3.63) is 77.5 Å². The van der Waals surface area contributed by atoms with Crippen molar-refractivity contribution in [1.82, 2.24) is 4.98 Å². The van der Waals surface area contributed by atoms with E-state index < -0.39 is 0 Å². The SMILES string of the molecule is COc1ccc(C(=O)Nc2ccc(Oc3cc(C)ccc3C)nc2)cc1. The van der Waals surface area contributed by atoms with E-state index in [1.807, 2.05) is 32.0 Å². The molecule has 0 aliphatic carbocycles. The van der Waals surface area contributed by atoms with E-state index in [0.717, 1.165) is 16.9 Å². The van der Waals surface area contributed by atoms with Gasteiger partial charge in [0.15, 0.2) is 0 Å². The molecule has 0 bridgehead atoms. The number of nitrogens with one attached hydrogen (secondary N) is 1. The van der Waals surface area contributed by atoms with E-state index >= 15 is 0 Å². The molecule has 1 N–H and O–H groups in total. The number of aryl methyl sites for hydroxylation is 2. The molecule has 0 unspecified atom stereocenters. The molecule has 3 aromatic rings. The van der Waals surface area contributed by atoms with Crippen LogP contribution in [0.5, 0.6) is 17.4 Å². The molecule has 3 rings (SSSR count). The minimum Gasteiger partial charge on any atom is -0.497 e. The van der Waals surface area contributed by atoms with Crippen LogP contribution in [-0.2, 0) is 0 Å². The number of aromatic nitrogens is 1. The Balaban J connectivity index is 1.67. The normalized spacial score (nSPS) is 10.3. The fraction of sp³-hybridized carbons (Fsp3) is 0.143. The van der Waals surface area contributed by atoms with Crippen LogP contribution in [0, 0.1) is 13.8 Å². The molecule has 0 saturated carbocycles. The monoisotopic (exact) mass is 348 g/mol. The number of benzene rings is 2. The highest BCUT2D eigenvalue weighted by atomic mass is 16.5. The van der Waals surface area contributed by atoms with Crippen molar-refractivity contribution in [3.63, 3.8) is 0 Å². The first-order chi connectivity index (χ1) is 12.5. The maximum Gasteiger partial charge on any atom is 0.255 e.